The van der Waals surface area contributed by atoms with Crippen LogP contribution in [0.2, 0.25) is 0 Å². The van der Waals surface area contributed by atoms with Crippen molar-refractivity contribution in [2.24, 2.45) is 0 Å². The Bertz CT molecular complexity index is 772. The van der Waals surface area contributed by atoms with Gasteiger partial charge in [-0.2, -0.15) is 0 Å². The van der Waals surface area contributed by atoms with Crippen LogP contribution >= 0.6 is 15.9 Å². The Morgan fingerprint density at radius 1 is 0.778 bits per heavy atom. The Kier molecular flexibility index (Phi) is 2.03. The minimum Gasteiger partial charge on any atom is -0.354 e. The summed E-state index contributed by atoms with van der Waals surface area (Å²) < 4.78 is 1.10. The highest BCUT2D eigenvalue weighted by Crippen LogP contribution is 2.44. The molecular weight excluding hydrogens is 286 g/mol. The molecule has 0 bridgehead atoms. The SMILES string of the molecule is Brc1ccc2c(c1)Nc1cccc3cccc-2c13. The zero-order valence-electron chi connectivity index (χ0n) is 9.57. The van der Waals surface area contributed by atoms with Crippen LogP contribution in [-0.2, 0) is 0 Å². The first-order chi connectivity index (χ1) is 8.83. The second-order valence-corrected chi connectivity index (χ2v) is 5.44. The summed E-state index contributed by atoms with van der Waals surface area (Å²) in [6.07, 6.45) is 0. The Morgan fingerprint density at radius 3 is 2.50 bits per heavy atom. The van der Waals surface area contributed by atoms with Gasteiger partial charge >= 0.3 is 0 Å². The lowest BCUT2D eigenvalue weighted by Gasteiger charge is -2.22. The summed E-state index contributed by atoms with van der Waals surface area (Å²) in [6, 6.07) is 19.3. The van der Waals surface area contributed by atoms with Crippen LogP contribution in [0.1, 0.15) is 0 Å². The van der Waals surface area contributed by atoms with E-state index in [2.05, 4.69) is 75.8 Å². The fraction of sp³-hybridized carbons (Fsp3) is 0. The van der Waals surface area contributed by atoms with Crippen molar-refractivity contribution in [2.45, 2.75) is 0 Å². The van der Waals surface area contributed by atoms with Crippen molar-refractivity contribution in [1.82, 2.24) is 0 Å². The number of hydrogen-bond donors (Lipinski definition) is 1. The molecule has 0 unspecified atom stereocenters. The topological polar surface area (TPSA) is 12.0 Å². The number of nitrogens with one attached hydrogen (secondary N) is 1. The second kappa shape index (κ2) is 3.59. The lowest BCUT2D eigenvalue weighted by atomic mass is 9.93. The lowest BCUT2D eigenvalue weighted by molar-refractivity contribution is 1.51. The normalized spacial score (nSPS) is 12.1. The highest BCUT2D eigenvalue weighted by molar-refractivity contribution is 9.10. The van der Waals surface area contributed by atoms with Crippen LogP contribution in [0.5, 0.6) is 0 Å². The molecule has 0 saturated carbocycles. The maximum absolute atomic E-state index is 3.53. The standard InChI is InChI=1S/C16H10BrN/c17-11-7-8-12-13-5-1-3-10-4-2-6-14(16(10)13)18-15(12)9-11/h1-9,18H. The molecule has 1 N–H and O–H groups in total. The summed E-state index contributed by atoms with van der Waals surface area (Å²) >= 11 is 3.53. The molecule has 1 aliphatic rings. The summed E-state index contributed by atoms with van der Waals surface area (Å²) in [5, 5.41) is 6.11. The van der Waals surface area contributed by atoms with Gasteiger partial charge < -0.3 is 5.32 Å². The largest absolute Gasteiger partial charge is 0.354 e. The summed E-state index contributed by atoms with van der Waals surface area (Å²) in [5.41, 5.74) is 4.93. The average Bonchev–Trinajstić information content (AvgIpc) is 2.39. The van der Waals surface area contributed by atoms with E-state index in [9.17, 15) is 0 Å². The van der Waals surface area contributed by atoms with E-state index in [1.165, 1.54) is 27.6 Å². The van der Waals surface area contributed by atoms with Crippen LogP contribution in [0.25, 0.3) is 21.9 Å². The number of hydrogen-bond acceptors (Lipinski definition) is 1. The van der Waals surface area contributed by atoms with E-state index in [0.29, 0.717) is 0 Å². The fourth-order valence-electron chi connectivity index (χ4n) is 2.67. The maximum atomic E-state index is 3.53. The Hall–Kier alpha value is -1.80. The monoisotopic (exact) mass is 295 g/mol. The van der Waals surface area contributed by atoms with Crippen molar-refractivity contribution in [3.63, 3.8) is 0 Å². The molecule has 18 heavy (non-hydrogen) atoms. The number of benzene rings is 3. The molecule has 2 heteroatoms. The number of fused-ring (bicyclic) bond motifs is 2. The molecule has 1 heterocycles. The van der Waals surface area contributed by atoms with Gasteiger partial charge in [0.15, 0.2) is 0 Å². The summed E-state index contributed by atoms with van der Waals surface area (Å²) in [6.45, 7) is 0. The van der Waals surface area contributed by atoms with Crippen molar-refractivity contribution < 1.29 is 0 Å². The van der Waals surface area contributed by atoms with Gasteiger partial charge in [-0.15, -0.1) is 0 Å². The molecule has 0 aliphatic carbocycles. The first-order valence-electron chi connectivity index (χ1n) is 5.92. The molecule has 86 valence electrons. The van der Waals surface area contributed by atoms with Crippen molar-refractivity contribution in [2.75, 3.05) is 5.32 Å². The van der Waals surface area contributed by atoms with E-state index in [0.717, 1.165) is 10.2 Å². The van der Waals surface area contributed by atoms with Gasteiger partial charge in [-0.25, -0.2) is 0 Å². The zero-order chi connectivity index (χ0) is 12.1. The summed E-state index contributed by atoms with van der Waals surface area (Å²) in [4.78, 5) is 0. The van der Waals surface area contributed by atoms with Crippen molar-refractivity contribution in [3.8, 4) is 11.1 Å². The molecule has 0 radical (unpaired) electrons. The van der Waals surface area contributed by atoms with E-state index in [1.54, 1.807) is 0 Å². The summed E-state index contributed by atoms with van der Waals surface area (Å²) in [5.74, 6) is 0. The molecule has 4 rings (SSSR count). The molecule has 1 aliphatic heterocycles. The van der Waals surface area contributed by atoms with E-state index in [-0.39, 0.29) is 0 Å². The van der Waals surface area contributed by atoms with E-state index in [4.69, 9.17) is 0 Å². The van der Waals surface area contributed by atoms with Gasteiger partial charge in [-0.1, -0.05) is 52.3 Å². The number of anilines is 2. The summed E-state index contributed by atoms with van der Waals surface area (Å²) in [7, 11) is 0. The number of halogens is 1. The van der Waals surface area contributed by atoms with Gasteiger partial charge in [0.25, 0.3) is 0 Å². The predicted octanol–water partition coefficient (Wildman–Crippen LogP) is 5.33. The minimum absolute atomic E-state index is 1.10. The first-order valence-corrected chi connectivity index (χ1v) is 6.71. The smallest absolute Gasteiger partial charge is 0.0475 e. The third-order valence-electron chi connectivity index (χ3n) is 3.45. The van der Waals surface area contributed by atoms with Crippen LogP contribution in [0.15, 0.2) is 59.1 Å². The lowest BCUT2D eigenvalue weighted by Crippen LogP contribution is -2.00. The van der Waals surface area contributed by atoms with Crippen LogP contribution in [0.4, 0.5) is 11.4 Å². The van der Waals surface area contributed by atoms with Crippen LogP contribution in [0.3, 0.4) is 0 Å². The highest BCUT2D eigenvalue weighted by Gasteiger charge is 2.17. The van der Waals surface area contributed by atoms with Gasteiger partial charge in [-0.3, -0.25) is 0 Å². The van der Waals surface area contributed by atoms with Gasteiger partial charge in [0.2, 0.25) is 0 Å². The Labute approximate surface area is 114 Å². The molecule has 0 spiro atoms. The molecule has 0 fully saturated rings. The Morgan fingerprint density at radius 2 is 1.61 bits per heavy atom. The third-order valence-corrected chi connectivity index (χ3v) is 3.94. The van der Waals surface area contributed by atoms with Crippen LogP contribution in [-0.4, -0.2) is 0 Å². The third kappa shape index (κ3) is 1.33. The molecule has 0 aromatic heterocycles. The van der Waals surface area contributed by atoms with E-state index < -0.39 is 0 Å². The van der Waals surface area contributed by atoms with Gasteiger partial charge in [-0.05, 0) is 29.1 Å². The maximum Gasteiger partial charge on any atom is 0.0475 e. The van der Waals surface area contributed by atoms with Gasteiger partial charge in [0, 0.05) is 26.8 Å². The predicted molar refractivity (Wildman–Crippen MR) is 80.4 cm³/mol. The average molecular weight is 296 g/mol. The molecule has 0 atom stereocenters. The van der Waals surface area contributed by atoms with Gasteiger partial charge in [0.05, 0.1) is 0 Å². The second-order valence-electron chi connectivity index (χ2n) is 4.52. The van der Waals surface area contributed by atoms with Crippen molar-refractivity contribution >= 4 is 38.1 Å². The van der Waals surface area contributed by atoms with Gasteiger partial charge in [0.1, 0.15) is 0 Å². The minimum atomic E-state index is 1.10. The van der Waals surface area contributed by atoms with Crippen molar-refractivity contribution in [1.29, 1.82) is 0 Å². The van der Waals surface area contributed by atoms with E-state index >= 15 is 0 Å². The fourth-order valence-corrected chi connectivity index (χ4v) is 3.03. The van der Waals surface area contributed by atoms with Crippen LogP contribution < -0.4 is 5.32 Å². The zero-order valence-corrected chi connectivity index (χ0v) is 11.2. The molecule has 0 saturated heterocycles. The van der Waals surface area contributed by atoms with Crippen molar-refractivity contribution in [3.05, 3.63) is 59.1 Å². The molecule has 0 amide bonds. The molecule has 1 nitrogen and oxygen atoms in total. The van der Waals surface area contributed by atoms with Crippen LogP contribution in [0, 0.1) is 0 Å². The highest BCUT2D eigenvalue weighted by atomic mass is 79.9. The molecule has 3 aromatic rings. The first kappa shape index (κ1) is 10.2. The van der Waals surface area contributed by atoms with E-state index in [1.807, 2.05) is 0 Å². The molecule has 3 aromatic carbocycles. The number of rotatable bonds is 0. The quantitative estimate of drug-likeness (QED) is 0.462. The molecular formula is C16H10BrN. The Balaban J connectivity index is 2.17.